The first kappa shape index (κ1) is 17.9. The summed E-state index contributed by atoms with van der Waals surface area (Å²) in [5.74, 6) is 0.335. The number of aryl methyl sites for hydroxylation is 1. The van der Waals surface area contributed by atoms with Gasteiger partial charge in [-0.2, -0.15) is 0 Å². The summed E-state index contributed by atoms with van der Waals surface area (Å²) in [4.78, 5) is 30.9. The maximum absolute atomic E-state index is 12.8. The fraction of sp³-hybridized carbons (Fsp3) is 0.190. The molecule has 4 aromatic rings. The monoisotopic (exact) mass is 394 g/mol. The molecule has 0 atom stereocenters. The van der Waals surface area contributed by atoms with E-state index in [9.17, 15) is 9.59 Å². The molecule has 136 valence electrons. The van der Waals surface area contributed by atoms with Gasteiger partial charge >= 0.3 is 0 Å². The third-order valence-electron chi connectivity index (χ3n) is 4.57. The van der Waals surface area contributed by atoms with Crippen LogP contribution >= 0.6 is 23.1 Å². The van der Waals surface area contributed by atoms with Gasteiger partial charge in [0.05, 0.1) is 21.5 Å². The molecule has 0 N–H and O–H groups in total. The summed E-state index contributed by atoms with van der Waals surface area (Å²) in [5.41, 5.74) is 1.64. The molecule has 27 heavy (non-hydrogen) atoms. The lowest BCUT2D eigenvalue weighted by atomic mass is 10.1. The van der Waals surface area contributed by atoms with E-state index in [0.29, 0.717) is 22.6 Å². The number of carbonyl (C=O) groups is 1. The molecule has 0 fully saturated rings. The zero-order chi connectivity index (χ0) is 19.0. The van der Waals surface area contributed by atoms with Crippen LogP contribution in [0.1, 0.15) is 22.2 Å². The second-order valence-electron chi connectivity index (χ2n) is 6.23. The summed E-state index contributed by atoms with van der Waals surface area (Å²) >= 11 is 2.86. The predicted octanol–water partition coefficient (Wildman–Crippen LogP) is 4.91. The molecule has 0 saturated heterocycles. The van der Waals surface area contributed by atoms with Crippen LogP contribution in [0, 0.1) is 6.92 Å². The summed E-state index contributed by atoms with van der Waals surface area (Å²) < 4.78 is 2.76. The van der Waals surface area contributed by atoms with Crippen LogP contribution in [-0.2, 0) is 6.54 Å². The zero-order valence-corrected chi connectivity index (χ0v) is 16.7. The SMILES string of the molecule is CCn1c(SCC(=O)c2sc3ccccc3c2C)nc2ccccc2c1=O. The Morgan fingerprint density at radius 3 is 2.56 bits per heavy atom. The van der Waals surface area contributed by atoms with Gasteiger partial charge in [-0.05, 0) is 43.0 Å². The van der Waals surface area contributed by atoms with Gasteiger partial charge in [-0.3, -0.25) is 14.2 Å². The van der Waals surface area contributed by atoms with Gasteiger partial charge in [0.1, 0.15) is 0 Å². The Morgan fingerprint density at radius 2 is 1.81 bits per heavy atom. The normalized spacial score (nSPS) is 11.3. The Labute approximate surface area is 164 Å². The first-order chi connectivity index (χ1) is 13.1. The Hall–Kier alpha value is -2.44. The Balaban J connectivity index is 1.65. The minimum absolute atomic E-state index is 0.0592. The maximum Gasteiger partial charge on any atom is 0.262 e. The molecule has 0 radical (unpaired) electrons. The van der Waals surface area contributed by atoms with Crippen molar-refractivity contribution in [3.8, 4) is 0 Å². The van der Waals surface area contributed by atoms with Crippen LogP contribution in [0.2, 0.25) is 0 Å². The lowest BCUT2D eigenvalue weighted by molar-refractivity contribution is 0.102. The van der Waals surface area contributed by atoms with Gasteiger partial charge in [-0.25, -0.2) is 4.98 Å². The Kier molecular flexibility index (Phi) is 4.85. The van der Waals surface area contributed by atoms with Crippen LogP contribution in [0.25, 0.3) is 21.0 Å². The van der Waals surface area contributed by atoms with Crippen molar-refractivity contribution >= 4 is 49.9 Å². The van der Waals surface area contributed by atoms with Crippen molar-refractivity contribution < 1.29 is 4.79 Å². The molecule has 2 aromatic heterocycles. The number of rotatable bonds is 5. The molecule has 0 saturated carbocycles. The van der Waals surface area contributed by atoms with Gasteiger partial charge in [-0.1, -0.05) is 42.1 Å². The molecular weight excluding hydrogens is 376 g/mol. The van der Waals surface area contributed by atoms with Gasteiger partial charge in [0, 0.05) is 11.2 Å². The zero-order valence-electron chi connectivity index (χ0n) is 15.1. The number of para-hydroxylation sites is 1. The number of aromatic nitrogens is 2. The highest BCUT2D eigenvalue weighted by molar-refractivity contribution is 7.99. The van der Waals surface area contributed by atoms with Crippen LogP contribution in [0.3, 0.4) is 0 Å². The summed E-state index contributed by atoms with van der Waals surface area (Å²) in [5, 5.41) is 2.33. The van der Waals surface area contributed by atoms with Crippen LogP contribution < -0.4 is 5.56 Å². The van der Waals surface area contributed by atoms with Crippen molar-refractivity contribution in [1.29, 1.82) is 0 Å². The lowest BCUT2D eigenvalue weighted by Crippen LogP contribution is -2.22. The summed E-state index contributed by atoms with van der Waals surface area (Å²) in [7, 11) is 0. The highest BCUT2D eigenvalue weighted by Gasteiger charge is 2.17. The van der Waals surface area contributed by atoms with Crippen molar-refractivity contribution in [3.63, 3.8) is 0 Å². The molecule has 0 aliphatic rings. The second kappa shape index (κ2) is 7.29. The molecule has 0 unspecified atom stereocenters. The van der Waals surface area contributed by atoms with Gasteiger partial charge in [0.15, 0.2) is 10.9 Å². The minimum Gasteiger partial charge on any atom is -0.292 e. The number of nitrogens with zero attached hydrogens (tertiary/aromatic N) is 2. The molecule has 2 heterocycles. The fourth-order valence-corrected chi connectivity index (χ4v) is 5.35. The maximum atomic E-state index is 12.8. The number of ketones is 1. The van der Waals surface area contributed by atoms with E-state index in [4.69, 9.17) is 0 Å². The fourth-order valence-electron chi connectivity index (χ4n) is 3.17. The smallest absolute Gasteiger partial charge is 0.262 e. The average molecular weight is 395 g/mol. The number of hydrogen-bond donors (Lipinski definition) is 0. The van der Waals surface area contributed by atoms with Gasteiger partial charge in [-0.15, -0.1) is 11.3 Å². The number of thiophene rings is 1. The highest BCUT2D eigenvalue weighted by Crippen LogP contribution is 2.32. The van der Waals surface area contributed by atoms with Crippen LogP contribution in [0.15, 0.2) is 58.5 Å². The quantitative estimate of drug-likeness (QED) is 0.274. The first-order valence-electron chi connectivity index (χ1n) is 8.74. The number of thioether (sulfide) groups is 1. The predicted molar refractivity (Wildman–Crippen MR) is 113 cm³/mol. The lowest BCUT2D eigenvalue weighted by Gasteiger charge is -2.10. The van der Waals surface area contributed by atoms with Crippen molar-refractivity contribution in [2.75, 3.05) is 5.75 Å². The molecule has 4 rings (SSSR count). The van der Waals surface area contributed by atoms with Crippen molar-refractivity contribution in [1.82, 2.24) is 9.55 Å². The average Bonchev–Trinajstić information content (AvgIpc) is 3.03. The molecule has 0 aliphatic carbocycles. The van der Waals surface area contributed by atoms with Gasteiger partial charge < -0.3 is 0 Å². The first-order valence-corrected chi connectivity index (χ1v) is 10.5. The van der Waals surface area contributed by atoms with Gasteiger partial charge in [0.2, 0.25) is 0 Å². The number of Topliss-reactive ketones (excluding diaryl/α,β-unsaturated/α-hetero) is 1. The van der Waals surface area contributed by atoms with E-state index in [0.717, 1.165) is 20.5 Å². The van der Waals surface area contributed by atoms with E-state index in [2.05, 4.69) is 4.98 Å². The van der Waals surface area contributed by atoms with Crippen molar-refractivity contribution in [2.45, 2.75) is 25.5 Å². The van der Waals surface area contributed by atoms with Crippen molar-refractivity contribution in [2.24, 2.45) is 0 Å². The third kappa shape index (κ3) is 3.19. The molecule has 0 spiro atoms. The number of fused-ring (bicyclic) bond motifs is 2. The van der Waals surface area contributed by atoms with Crippen molar-refractivity contribution in [3.05, 3.63) is 69.3 Å². The van der Waals surface area contributed by atoms with E-state index >= 15 is 0 Å². The van der Waals surface area contributed by atoms with E-state index in [-0.39, 0.29) is 17.1 Å². The van der Waals surface area contributed by atoms with Crippen LogP contribution in [-0.4, -0.2) is 21.1 Å². The number of hydrogen-bond acceptors (Lipinski definition) is 5. The summed E-state index contributed by atoms with van der Waals surface area (Å²) in [6, 6.07) is 15.4. The molecule has 0 bridgehead atoms. The van der Waals surface area contributed by atoms with E-state index in [1.165, 1.54) is 23.1 Å². The third-order valence-corrected chi connectivity index (χ3v) is 6.86. The van der Waals surface area contributed by atoms with Crippen LogP contribution in [0.5, 0.6) is 0 Å². The highest BCUT2D eigenvalue weighted by atomic mass is 32.2. The van der Waals surface area contributed by atoms with Gasteiger partial charge in [0.25, 0.3) is 5.56 Å². The molecule has 0 amide bonds. The standard InChI is InChI=1S/C21H18N2O2S2/c1-3-23-20(25)15-9-4-6-10-16(15)22-21(23)26-12-17(24)19-13(2)14-8-5-7-11-18(14)27-19/h4-11H,3,12H2,1-2H3. The number of benzene rings is 2. The molecular formula is C21H18N2O2S2. The largest absolute Gasteiger partial charge is 0.292 e. The summed E-state index contributed by atoms with van der Waals surface area (Å²) in [6.45, 7) is 4.43. The molecule has 4 nitrogen and oxygen atoms in total. The van der Waals surface area contributed by atoms with E-state index in [1.807, 2.05) is 56.3 Å². The van der Waals surface area contributed by atoms with E-state index < -0.39 is 0 Å². The Morgan fingerprint density at radius 1 is 1.11 bits per heavy atom. The topological polar surface area (TPSA) is 52.0 Å². The Bertz CT molecular complexity index is 1220. The van der Waals surface area contributed by atoms with Crippen LogP contribution in [0.4, 0.5) is 0 Å². The summed E-state index contributed by atoms with van der Waals surface area (Å²) in [6.07, 6.45) is 0. The molecule has 2 aromatic carbocycles. The van der Waals surface area contributed by atoms with E-state index in [1.54, 1.807) is 10.6 Å². The minimum atomic E-state index is -0.0592. The molecule has 0 aliphatic heterocycles. The second-order valence-corrected chi connectivity index (χ2v) is 8.22. The molecule has 6 heteroatoms. The number of carbonyl (C=O) groups excluding carboxylic acids is 1.